The van der Waals surface area contributed by atoms with Gasteiger partial charge in [0.2, 0.25) is 0 Å². The van der Waals surface area contributed by atoms with Crippen molar-refractivity contribution in [3.05, 3.63) is 23.9 Å². The van der Waals surface area contributed by atoms with Crippen molar-refractivity contribution in [2.24, 2.45) is 0 Å². The van der Waals surface area contributed by atoms with Crippen molar-refractivity contribution in [3.8, 4) is 0 Å². The summed E-state index contributed by atoms with van der Waals surface area (Å²) in [5.41, 5.74) is 1.31. The average molecular weight is 205 g/mol. The minimum Gasteiger partial charge on any atom is -0.354 e. The second-order valence-corrected chi connectivity index (χ2v) is 4.18. The molecule has 2 rings (SSSR count). The number of piperazine rings is 1. The summed E-state index contributed by atoms with van der Waals surface area (Å²) >= 11 is 0. The van der Waals surface area contributed by atoms with Gasteiger partial charge in [0.05, 0.1) is 0 Å². The third kappa shape index (κ3) is 2.48. The van der Waals surface area contributed by atoms with E-state index in [9.17, 15) is 0 Å². The van der Waals surface area contributed by atoms with Crippen LogP contribution in [0.25, 0.3) is 0 Å². The fourth-order valence-corrected chi connectivity index (χ4v) is 1.95. The molecule has 0 unspecified atom stereocenters. The number of anilines is 1. The van der Waals surface area contributed by atoms with Crippen LogP contribution in [0.4, 0.5) is 5.82 Å². The highest BCUT2D eigenvalue weighted by atomic mass is 15.2. The Hall–Kier alpha value is -1.09. The Morgan fingerprint density at radius 1 is 1.53 bits per heavy atom. The molecule has 1 aliphatic heterocycles. The summed E-state index contributed by atoms with van der Waals surface area (Å²) in [4.78, 5) is 6.85. The van der Waals surface area contributed by atoms with Crippen molar-refractivity contribution in [2.75, 3.05) is 24.5 Å². The maximum atomic E-state index is 4.51. The van der Waals surface area contributed by atoms with Crippen LogP contribution in [0.3, 0.4) is 0 Å². The summed E-state index contributed by atoms with van der Waals surface area (Å²) in [6.45, 7) is 7.54. The molecule has 82 valence electrons. The van der Waals surface area contributed by atoms with Crippen LogP contribution in [-0.2, 0) is 6.42 Å². The van der Waals surface area contributed by atoms with Crippen LogP contribution in [0.2, 0.25) is 0 Å². The first kappa shape index (κ1) is 10.4. The molecule has 1 aromatic rings. The fourth-order valence-electron chi connectivity index (χ4n) is 1.95. The summed E-state index contributed by atoms with van der Waals surface area (Å²) in [6.07, 6.45) is 3.05. The highest BCUT2D eigenvalue weighted by Gasteiger charge is 2.16. The molecule has 1 fully saturated rings. The Morgan fingerprint density at radius 2 is 2.40 bits per heavy atom. The molecule has 1 aliphatic rings. The molecule has 1 saturated heterocycles. The van der Waals surface area contributed by atoms with Crippen molar-refractivity contribution >= 4 is 5.82 Å². The summed E-state index contributed by atoms with van der Waals surface area (Å²) in [5.74, 6) is 1.11. The molecule has 3 nitrogen and oxygen atoms in total. The lowest BCUT2D eigenvalue weighted by molar-refractivity contribution is 0.482. The van der Waals surface area contributed by atoms with Crippen LogP contribution in [0.1, 0.15) is 19.4 Å². The van der Waals surface area contributed by atoms with E-state index in [4.69, 9.17) is 0 Å². The molecule has 0 bridgehead atoms. The van der Waals surface area contributed by atoms with E-state index in [0.717, 1.165) is 31.9 Å². The maximum Gasteiger partial charge on any atom is 0.128 e. The molecule has 0 radical (unpaired) electrons. The van der Waals surface area contributed by atoms with Crippen LogP contribution in [-0.4, -0.2) is 30.7 Å². The molecule has 15 heavy (non-hydrogen) atoms. The van der Waals surface area contributed by atoms with Crippen molar-refractivity contribution < 1.29 is 0 Å². The van der Waals surface area contributed by atoms with E-state index in [-0.39, 0.29) is 0 Å². The SMILES string of the molecule is CCc1ccc(N2CCN[C@H](C)C2)nc1. The molecule has 0 saturated carbocycles. The van der Waals surface area contributed by atoms with Gasteiger partial charge in [-0.3, -0.25) is 0 Å². The lowest BCUT2D eigenvalue weighted by atomic mass is 10.2. The molecule has 0 spiro atoms. The number of rotatable bonds is 2. The van der Waals surface area contributed by atoms with Gasteiger partial charge >= 0.3 is 0 Å². The van der Waals surface area contributed by atoms with Gasteiger partial charge in [-0.25, -0.2) is 4.98 Å². The van der Waals surface area contributed by atoms with Crippen LogP contribution in [0, 0.1) is 0 Å². The molecular formula is C12H19N3. The van der Waals surface area contributed by atoms with Gasteiger partial charge in [-0.1, -0.05) is 13.0 Å². The Labute approximate surface area is 91.5 Å². The standard InChI is InChI=1S/C12H19N3/c1-3-11-4-5-12(14-8-11)15-7-6-13-10(2)9-15/h4-5,8,10,13H,3,6-7,9H2,1-2H3/t10-/m1/s1. The van der Waals surface area contributed by atoms with Crippen LogP contribution >= 0.6 is 0 Å². The second-order valence-electron chi connectivity index (χ2n) is 4.18. The highest BCUT2D eigenvalue weighted by molar-refractivity contribution is 5.40. The molecule has 2 heterocycles. The summed E-state index contributed by atoms with van der Waals surface area (Å²) < 4.78 is 0. The van der Waals surface area contributed by atoms with E-state index >= 15 is 0 Å². The van der Waals surface area contributed by atoms with Gasteiger partial charge in [0.1, 0.15) is 5.82 Å². The van der Waals surface area contributed by atoms with Crippen LogP contribution in [0.15, 0.2) is 18.3 Å². The molecule has 1 atom stereocenters. The normalized spacial score (nSPS) is 21.7. The number of hydrogen-bond donors (Lipinski definition) is 1. The second kappa shape index (κ2) is 4.62. The zero-order valence-electron chi connectivity index (χ0n) is 9.53. The maximum absolute atomic E-state index is 4.51. The summed E-state index contributed by atoms with van der Waals surface area (Å²) in [7, 11) is 0. The Morgan fingerprint density at radius 3 is 3.00 bits per heavy atom. The quantitative estimate of drug-likeness (QED) is 0.792. The van der Waals surface area contributed by atoms with Gasteiger partial charge in [0.25, 0.3) is 0 Å². The van der Waals surface area contributed by atoms with E-state index < -0.39 is 0 Å². The summed E-state index contributed by atoms with van der Waals surface area (Å²) in [6, 6.07) is 4.87. The van der Waals surface area contributed by atoms with Crippen molar-refractivity contribution in [2.45, 2.75) is 26.3 Å². The number of aromatic nitrogens is 1. The Bertz CT molecular complexity index is 307. The van der Waals surface area contributed by atoms with E-state index in [1.54, 1.807) is 0 Å². The van der Waals surface area contributed by atoms with Crippen molar-refractivity contribution in [1.82, 2.24) is 10.3 Å². The van der Waals surface area contributed by atoms with E-state index in [1.165, 1.54) is 5.56 Å². The first-order valence-corrected chi connectivity index (χ1v) is 5.73. The predicted octanol–water partition coefficient (Wildman–Crippen LogP) is 1.44. The fraction of sp³-hybridized carbons (Fsp3) is 0.583. The zero-order valence-corrected chi connectivity index (χ0v) is 9.53. The highest BCUT2D eigenvalue weighted by Crippen LogP contribution is 2.13. The lowest BCUT2D eigenvalue weighted by Crippen LogP contribution is -2.49. The average Bonchev–Trinajstić information content (AvgIpc) is 2.29. The monoisotopic (exact) mass is 205 g/mol. The molecule has 0 aromatic carbocycles. The third-order valence-electron chi connectivity index (χ3n) is 2.91. The number of aryl methyl sites for hydroxylation is 1. The topological polar surface area (TPSA) is 28.2 Å². The molecule has 1 aromatic heterocycles. The third-order valence-corrected chi connectivity index (χ3v) is 2.91. The largest absolute Gasteiger partial charge is 0.354 e. The predicted molar refractivity (Wildman–Crippen MR) is 63.3 cm³/mol. The van der Waals surface area contributed by atoms with Gasteiger partial charge in [0.15, 0.2) is 0 Å². The Balaban J connectivity index is 2.07. The van der Waals surface area contributed by atoms with Gasteiger partial charge < -0.3 is 10.2 Å². The molecule has 0 aliphatic carbocycles. The van der Waals surface area contributed by atoms with Gasteiger partial charge in [-0.2, -0.15) is 0 Å². The first-order chi connectivity index (χ1) is 7.29. The number of hydrogen-bond acceptors (Lipinski definition) is 3. The van der Waals surface area contributed by atoms with Crippen molar-refractivity contribution in [1.29, 1.82) is 0 Å². The van der Waals surface area contributed by atoms with Crippen LogP contribution in [0.5, 0.6) is 0 Å². The first-order valence-electron chi connectivity index (χ1n) is 5.73. The minimum absolute atomic E-state index is 0.561. The Kier molecular flexibility index (Phi) is 3.21. The molecule has 1 N–H and O–H groups in total. The minimum atomic E-state index is 0.561. The van der Waals surface area contributed by atoms with E-state index in [1.807, 2.05) is 6.20 Å². The molecule has 0 amide bonds. The number of pyridine rings is 1. The number of nitrogens with one attached hydrogen (secondary N) is 1. The molecule has 3 heteroatoms. The van der Waals surface area contributed by atoms with Gasteiger partial charge in [-0.15, -0.1) is 0 Å². The number of nitrogens with zero attached hydrogens (tertiary/aromatic N) is 2. The summed E-state index contributed by atoms with van der Waals surface area (Å²) in [5, 5.41) is 3.43. The van der Waals surface area contributed by atoms with Gasteiger partial charge in [-0.05, 0) is 25.0 Å². The van der Waals surface area contributed by atoms with E-state index in [0.29, 0.717) is 6.04 Å². The van der Waals surface area contributed by atoms with Crippen LogP contribution < -0.4 is 10.2 Å². The zero-order chi connectivity index (χ0) is 10.7. The van der Waals surface area contributed by atoms with Crippen molar-refractivity contribution in [3.63, 3.8) is 0 Å². The lowest BCUT2D eigenvalue weighted by Gasteiger charge is -2.32. The smallest absolute Gasteiger partial charge is 0.128 e. The van der Waals surface area contributed by atoms with Gasteiger partial charge in [0, 0.05) is 31.9 Å². The molecular weight excluding hydrogens is 186 g/mol. The van der Waals surface area contributed by atoms with E-state index in [2.05, 4.69) is 41.2 Å².